The van der Waals surface area contributed by atoms with E-state index in [0.717, 1.165) is 5.92 Å². The van der Waals surface area contributed by atoms with Crippen molar-refractivity contribution in [3.63, 3.8) is 0 Å². The minimum absolute atomic E-state index is 0.422. The Bertz CT molecular complexity index is 198. The Hall–Kier alpha value is -0.0400. The predicted octanol–water partition coefficient (Wildman–Crippen LogP) is 6.27. The number of unbranched alkanes of at least 4 members (excludes halogenated alkanes) is 6. The summed E-state index contributed by atoms with van der Waals surface area (Å²) < 4.78 is 0. The Morgan fingerprint density at radius 1 is 0.800 bits per heavy atom. The fourth-order valence-electron chi connectivity index (χ4n) is 3.14. The zero-order chi connectivity index (χ0) is 15.4. The quantitative estimate of drug-likeness (QED) is 0.360. The lowest BCUT2D eigenvalue weighted by Gasteiger charge is -2.40. The monoisotopic (exact) mass is 283 g/mol. The molecule has 0 spiro atoms. The van der Waals surface area contributed by atoms with Crippen molar-refractivity contribution in [2.24, 2.45) is 5.92 Å². The van der Waals surface area contributed by atoms with Gasteiger partial charge in [-0.15, -0.1) is 0 Å². The van der Waals surface area contributed by atoms with Gasteiger partial charge in [0.1, 0.15) is 0 Å². The van der Waals surface area contributed by atoms with E-state index >= 15 is 0 Å². The van der Waals surface area contributed by atoms with E-state index in [4.69, 9.17) is 0 Å². The molecule has 0 aliphatic rings. The molecule has 0 aliphatic heterocycles. The molecule has 0 amide bonds. The fourth-order valence-corrected chi connectivity index (χ4v) is 3.14. The van der Waals surface area contributed by atoms with Crippen molar-refractivity contribution in [2.75, 3.05) is 13.6 Å². The highest BCUT2D eigenvalue weighted by Gasteiger charge is 2.28. The lowest BCUT2D eigenvalue weighted by Crippen LogP contribution is -2.45. The van der Waals surface area contributed by atoms with Crippen molar-refractivity contribution >= 4 is 0 Å². The zero-order valence-corrected chi connectivity index (χ0v) is 15.3. The summed E-state index contributed by atoms with van der Waals surface area (Å²) in [5.41, 5.74) is 0.422. The molecule has 0 atom stereocenters. The molecule has 0 heterocycles. The summed E-state index contributed by atoms with van der Waals surface area (Å²) in [6.07, 6.45) is 13.9. The van der Waals surface area contributed by atoms with Gasteiger partial charge in [-0.1, -0.05) is 79.1 Å². The minimum atomic E-state index is 0.422. The third-order valence-electron chi connectivity index (χ3n) is 4.70. The van der Waals surface area contributed by atoms with Crippen LogP contribution in [0.15, 0.2) is 0 Å². The zero-order valence-electron chi connectivity index (χ0n) is 15.3. The van der Waals surface area contributed by atoms with E-state index in [9.17, 15) is 0 Å². The summed E-state index contributed by atoms with van der Waals surface area (Å²) in [7, 11) is 2.35. The van der Waals surface area contributed by atoms with E-state index in [1.54, 1.807) is 0 Å². The molecule has 0 aromatic heterocycles. The van der Waals surface area contributed by atoms with Gasteiger partial charge in [-0.05, 0) is 32.7 Å². The van der Waals surface area contributed by atoms with E-state index in [0.29, 0.717) is 5.54 Å². The van der Waals surface area contributed by atoms with Crippen LogP contribution in [0.5, 0.6) is 0 Å². The van der Waals surface area contributed by atoms with Crippen LogP contribution in [-0.4, -0.2) is 24.0 Å². The maximum atomic E-state index is 2.65. The average Bonchev–Trinajstić information content (AvgIpc) is 2.39. The summed E-state index contributed by atoms with van der Waals surface area (Å²) in [4.78, 5) is 2.65. The highest BCUT2D eigenvalue weighted by molar-refractivity contribution is 4.85. The SMILES string of the molecule is CCCCCCC(C)(CCCCCC)N(C)CC(C)C. The van der Waals surface area contributed by atoms with Gasteiger partial charge in [0.15, 0.2) is 0 Å². The van der Waals surface area contributed by atoms with Gasteiger partial charge in [-0.25, -0.2) is 0 Å². The van der Waals surface area contributed by atoms with Crippen molar-refractivity contribution in [2.45, 2.75) is 104 Å². The number of hydrogen-bond donors (Lipinski definition) is 0. The summed E-state index contributed by atoms with van der Waals surface area (Å²) in [5.74, 6) is 0.769. The molecule has 0 saturated carbocycles. The lowest BCUT2D eigenvalue weighted by molar-refractivity contribution is 0.0963. The van der Waals surface area contributed by atoms with Crippen LogP contribution in [0.4, 0.5) is 0 Å². The number of hydrogen-bond acceptors (Lipinski definition) is 1. The van der Waals surface area contributed by atoms with Crippen LogP contribution in [0, 0.1) is 5.92 Å². The standard InChI is InChI=1S/C19H41N/c1-7-9-11-13-15-19(5,16-14-12-10-8-2)20(6)17-18(3)4/h18H,7-17H2,1-6H3. The number of rotatable bonds is 13. The smallest absolute Gasteiger partial charge is 0.0178 e. The Balaban J connectivity index is 4.32. The van der Waals surface area contributed by atoms with Crippen LogP contribution in [0.25, 0.3) is 0 Å². The van der Waals surface area contributed by atoms with Crippen molar-refractivity contribution in [3.8, 4) is 0 Å². The third-order valence-corrected chi connectivity index (χ3v) is 4.70. The fraction of sp³-hybridized carbons (Fsp3) is 1.00. The molecule has 1 heteroatoms. The van der Waals surface area contributed by atoms with Crippen LogP contribution in [0.3, 0.4) is 0 Å². The second kappa shape index (κ2) is 11.6. The maximum absolute atomic E-state index is 2.65. The van der Waals surface area contributed by atoms with Crippen LogP contribution in [-0.2, 0) is 0 Å². The van der Waals surface area contributed by atoms with Crippen molar-refractivity contribution in [3.05, 3.63) is 0 Å². The Kier molecular flexibility index (Phi) is 11.6. The second-order valence-corrected chi connectivity index (χ2v) is 7.39. The number of nitrogens with zero attached hydrogens (tertiary/aromatic N) is 1. The molecule has 0 unspecified atom stereocenters. The Morgan fingerprint density at radius 3 is 1.60 bits per heavy atom. The second-order valence-electron chi connectivity index (χ2n) is 7.39. The van der Waals surface area contributed by atoms with E-state index < -0.39 is 0 Å². The molecule has 0 saturated heterocycles. The van der Waals surface area contributed by atoms with Gasteiger partial charge >= 0.3 is 0 Å². The first-order chi connectivity index (χ1) is 9.46. The normalized spacial score (nSPS) is 12.6. The molecule has 0 rings (SSSR count). The van der Waals surface area contributed by atoms with Crippen LogP contribution in [0.1, 0.15) is 98.8 Å². The average molecular weight is 284 g/mol. The maximum Gasteiger partial charge on any atom is 0.0178 e. The molecule has 0 aromatic rings. The minimum Gasteiger partial charge on any atom is -0.301 e. The molecule has 0 radical (unpaired) electrons. The van der Waals surface area contributed by atoms with Gasteiger partial charge in [0, 0.05) is 12.1 Å². The first-order valence-corrected chi connectivity index (χ1v) is 9.17. The predicted molar refractivity (Wildman–Crippen MR) is 93.4 cm³/mol. The van der Waals surface area contributed by atoms with E-state index in [-0.39, 0.29) is 0 Å². The summed E-state index contributed by atoms with van der Waals surface area (Å²) in [6, 6.07) is 0. The van der Waals surface area contributed by atoms with Gasteiger partial charge in [-0.2, -0.15) is 0 Å². The Labute approximate surface area is 129 Å². The largest absolute Gasteiger partial charge is 0.301 e. The first kappa shape index (κ1) is 20.0. The van der Waals surface area contributed by atoms with Gasteiger partial charge < -0.3 is 4.90 Å². The van der Waals surface area contributed by atoms with Crippen LogP contribution in [0.2, 0.25) is 0 Å². The van der Waals surface area contributed by atoms with Gasteiger partial charge in [0.25, 0.3) is 0 Å². The third kappa shape index (κ3) is 9.00. The van der Waals surface area contributed by atoms with Crippen molar-refractivity contribution in [1.82, 2.24) is 4.90 Å². The summed E-state index contributed by atoms with van der Waals surface area (Å²) in [6.45, 7) is 13.0. The molecular weight excluding hydrogens is 242 g/mol. The van der Waals surface area contributed by atoms with Gasteiger partial charge in [0.2, 0.25) is 0 Å². The molecule has 1 nitrogen and oxygen atoms in total. The molecule has 0 bridgehead atoms. The van der Waals surface area contributed by atoms with E-state index in [2.05, 4.69) is 46.6 Å². The first-order valence-electron chi connectivity index (χ1n) is 9.17. The molecule has 0 N–H and O–H groups in total. The summed E-state index contributed by atoms with van der Waals surface area (Å²) in [5, 5.41) is 0. The van der Waals surface area contributed by atoms with Crippen LogP contribution < -0.4 is 0 Å². The molecule has 0 aliphatic carbocycles. The molecule has 0 fully saturated rings. The van der Waals surface area contributed by atoms with Gasteiger partial charge in [-0.3, -0.25) is 0 Å². The highest BCUT2D eigenvalue weighted by atomic mass is 15.2. The summed E-state index contributed by atoms with van der Waals surface area (Å²) >= 11 is 0. The molecule has 20 heavy (non-hydrogen) atoms. The molecular formula is C19H41N. The highest BCUT2D eigenvalue weighted by Crippen LogP contribution is 2.28. The topological polar surface area (TPSA) is 3.24 Å². The van der Waals surface area contributed by atoms with Crippen molar-refractivity contribution in [1.29, 1.82) is 0 Å². The molecule has 122 valence electrons. The van der Waals surface area contributed by atoms with E-state index in [1.807, 2.05) is 0 Å². The van der Waals surface area contributed by atoms with Crippen LogP contribution >= 0.6 is 0 Å². The Morgan fingerprint density at radius 2 is 1.25 bits per heavy atom. The van der Waals surface area contributed by atoms with Gasteiger partial charge in [0.05, 0.1) is 0 Å². The molecule has 0 aromatic carbocycles. The van der Waals surface area contributed by atoms with Crippen molar-refractivity contribution < 1.29 is 0 Å². The lowest BCUT2D eigenvalue weighted by atomic mass is 9.86. The van der Waals surface area contributed by atoms with E-state index in [1.165, 1.54) is 70.8 Å².